The van der Waals surface area contributed by atoms with Gasteiger partial charge in [0.1, 0.15) is 17.3 Å². The lowest BCUT2D eigenvalue weighted by atomic mass is 10.1. The molecule has 1 fully saturated rings. The summed E-state index contributed by atoms with van der Waals surface area (Å²) in [6.45, 7) is 4.46. The van der Waals surface area contributed by atoms with E-state index in [9.17, 15) is 4.79 Å². The van der Waals surface area contributed by atoms with Gasteiger partial charge >= 0.3 is 0 Å². The molecule has 0 aliphatic carbocycles. The maximum Gasteiger partial charge on any atom is 0.251 e. The maximum absolute atomic E-state index is 12.5. The Bertz CT molecular complexity index is 743. The Hall–Kier alpha value is -2.76. The zero-order valence-electron chi connectivity index (χ0n) is 15.5. The average molecular weight is 355 g/mol. The minimum absolute atomic E-state index is 0.176. The van der Waals surface area contributed by atoms with E-state index in [4.69, 9.17) is 9.47 Å². The van der Waals surface area contributed by atoms with Gasteiger partial charge in [-0.05, 0) is 43.5 Å². The van der Waals surface area contributed by atoms with E-state index >= 15 is 0 Å². The normalized spacial score (nSPS) is 13.6. The Labute approximate surface area is 154 Å². The third-order valence-electron chi connectivity index (χ3n) is 4.71. The molecule has 1 saturated heterocycles. The van der Waals surface area contributed by atoms with Crippen molar-refractivity contribution in [2.24, 2.45) is 0 Å². The molecule has 0 atom stereocenters. The van der Waals surface area contributed by atoms with Gasteiger partial charge in [0.15, 0.2) is 0 Å². The first-order valence-electron chi connectivity index (χ1n) is 8.83. The molecular weight excluding hydrogens is 330 g/mol. The number of aromatic nitrogens is 1. The molecule has 2 aromatic rings. The number of benzene rings is 1. The summed E-state index contributed by atoms with van der Waals surface area (Å²) in [6, 6.07) is 7.48. The Kier molecular flexibility index (Phi) is 5.61. The SMILES string of the molecule is COc1cc(C(=O)NCc2ccc(N3CCCC3)nc2)cc(OC)c1C. The maximum atomic E-state index is 12.5. The predicted octanol–water partition coefficient (Wildman–Crippen LogP) is 2.94. The second-order valence-corrected chi connectivity index (χ2v) is 6.41. The Morgan fingerprint density at radius 1 is 1.15 bits per heavy atom. The van der Waals surface area contributed by atoms with E-state index in [0.29, 0.717) is 23.6 Å². The molecule has 0 bridgehead atoms. The minimum atomic E-state index is -0.176. The fraction of sp³-hybridized carbons (Fsp3) is 0.400. The van der Waals surface area contributed by atoms with Crippen LogP contribution < -0.4 is 19.7 Å². The number of nitrogens with one attached hydrogen (secondary N) is 1. The van der Waals surface area contributed by atoms with Crippen molar-refractivity contribution in [3.05, 3.63) is 47.2 Å². The zero-order valence-corrected chi connectivity index (χ0v) is 15.5. The van der Waals surface area contributed by atoms with Crippen LogP contribution in [0.25, 0.3) is 0 Å². The van der Waals surface area contributed by atoms with Crippen molar-refractivity contribution in [3.8, 4) is 11.5 Å². The van der Waals surface area contributed by atoms with Gasteiger partial charge < -0.3 is 19.7 Å². The van der Waals surface area contributed by atoms with Gasteiger partial charge in [0, 0.05) is 37.0 Å². The molecule has 6 heteroatoms. The summed E-state index contributed by atoms with van der Waals surface area (Å²) < 4.78 is 10.7. The van der Waals surface area contributed by atoms with Crippen LogP contribution in [0.5, 0.6) is 11.5 Å². The summed E-state index contributed by atoms with van der Waals surface area (Å²) in [5.74, 6) is 2.09. The standard InChI is InChI=1S/C20H25N3O3/c1-14-17(25-2)10-16(11-18(14)26-3)20(24)22-13-15-6-7-19(21-12-15)23-8-4-5-9-23/h6-7,10-12H,4-5,8-9,13H2,1-3H3,(H,22,24). The first kappa shape index (κ1) is 18.0. The van der Waals surface area contributed by atoms with Gasteiger partial charge in [0.05, 0.1) is 14.2 Å². The number of nitrogens with zero attached hydrogens (tertiary/aromatic N) is 2. The molecule has 1 aliphatic heterocycles. The summed E-state index contributed by atoms with van der Waals surface area (Å²) >= 11 is 0. The fourth-order valence-electron chi connectivity index (χ4n) is 3.16. The number of carbonyl (C=O) groups is 1. The number of hydrogen-bond acceptors (Lipinski definition) is 5. The lowest BCUT2D eigenvalue weighted by molar-refractivity contribution is 0.0950. The Morgan fingerprint density at radius 2 is 1.81 bits per heavy atom. The smallest absolute Gasteiger partial charge is 0.251 e. The Morgan fingerprint density at radius 3 is 2.35 bits per heavy atom. The van der Waals surface area contributed by atoms with Gasteiger partial charge in [-0.2, -0.15) is 0 Å². The van der Waals surface area contributed by atoms with Crippen molar-refractivity contribution in [2.45, 2.75) is 26.3 Å². The molecule has 3 rings (SSSR count). The number of pyridine rings is 1. The van der Waals surface area contributed by atoms with Crippen LogP contribution >= 0.6 is 0 Å². The summed E-state index contributed by atoms with van der Waals surface area (Å²) in [7, 11) is 3.16. The van der Waals surface area contributed by atoms with Gasteiger partial charge in [0.25, 0.3) is 5.91 Å². The van der Waals surface area contributed by atoms with Gasteiger partial charge in [0.2, 0.25) is 0 Å². The van der Waals surface area contributed by atoms with Gasteiger partial charge in [-0.15, -0.1) is 0 Å². The number of amides is 1. The van der Waals surface area contributed by atoms with Crippen LogP contribution in [0.1, 0.15) is 34.3 Å². The highest BCUT2D eigenvalue weighted by Gasteiger charge is 2.15. The number of rotatable bonds is 6. The van der Waals surface area contributed by atoms with E-state index in [2.05, 4.69) is 15.2 Å². The quantitative estimate of drug-likeness (QED) is 0.863. The van der Waals surface area contributed by atoms with Crippen LogP contribution in [0.2, 0.25) is 0 Å². The van der Waals surface area contributed by atoms with E-state index < -0.39 is 0 Å². The number of hydrogen-bond donors (Lipinski definition) is 1. The van der Waals surface area contributed by atoms with Gasteiger partial charge in [-0.25, -0.2) is 4.98 Å². The molecule has 2 heterocycles. The number of carbonyl (C=O) groups excluding carboxylic acids is 1. The Balaban J connectivity index is 1.65. The lowest BCUT2D eigenvalue weighted by Crippen LogP contribution is -2.23. The molecule has 138 valence electrons. The molecule has 6 nitrogen and oxygen atoms in total. The van der Waals surface area contributed by atoms with E-state index in [1.54, 1.807) is 26.4 Å². The highest BCUT2D eigenvalue weighted by Crippen LogP contribution is 2.29. The van der Waals surface area contributed by atoms with E-state index in [-0.39, 0.29) is 5.91 Å². The van der Waals surface area contributed by atoms with Crippen LogP contribution in [0, 0.1) is 6.92 Å². The van der Waals surface area contributed by atoms with Crippen LogP contribution in [0.3, 0.4) is 0 Å². The highest BCUT2D eigenvalue weighted by molar-refractivity contribution is 5.95. The number of ether oxygens (including phenoxy) is 2. The zero-order chi connectivity index (χ0) is 18.5. The van der Waals surface area contributed by atoms with Crippen molar-refractivity contribution >= 4 is 11.7 Å². The van der Waals surface area contributed by atoms with Crippen molar-refractivity contribution < 1.29 is 14.3 Å². The third-order valence-corrected chi connectivity index (χ3v) is 4.71. The van der Waals surface area contributed by atoms with Crippen molar-refractivity contribution in [1.29, 1.82) is 0 Å². The first-order valence-corrected chi connectivity index (χ1v) is 8.83. The fourth-order valence-corrected chi connectivity index (χ4v) is 3.16. The van der Waals surface area contributed by atoms with Crippen LogP contribution in [-0.2, 0) is 6.54 Å². The van der Waals surface area contributed by atoms with Crippen LogP contribution in [0.15, 0.2) is 30.5 Å². The van der Waals surface area contributed by atoms with Crippen molar-refractivity contribution in [2.75, 3.05) is 32.2 Å². The summed E-state index contributed by atoms with van der Waals surface area (Å²) in [4.78, 5) is 19.3. The minimum Gasteiger partial charge on any atom is -0.496 e. The molecule has 26 heavy (non-hydrogen) atoms. The molecule has 1 aromatic carbocycles. The highest BCUT2D eigenvalue weighted by atomic mass is 16.5. The predicted molar refractivity (Wildman–Crippen MR) is 101 cm³/mol. The lowest BCUT2D eigenvalue weighted by Gasteiger charge is -2.16. The van der Waals surface area contributed by atoms with Crippen LogP contribution in [0.4, 0.5) is 5.82 Å². The molecule has 1 N–H and O–H groups in total. The van der Waals surface area contributed by atoms with Gasteiger partial charge in [-0.3, -0.25) is 4.79 Å². The summed E-state index contributed by atoms with van der Waals surface area (Å²) in [6.07, 6.45) is 4.27. The molecular formula is C20H25N3O3. The summed E-state index contributed by atoms with van der Waals surface area (Å²) in [5.41, 5.74) is 2.34. The average Bonchev–Trinajstić information content (AvgIpc) is 3.21. The molecule has 0 radical (unpaired) electrons. The van der Waals surface area contributed by atoms with Gasteiger partial charge in [-0.1, -0.05) is 6.07 Å². The first-order chi connectivity index (χ1) is 12.6. The monoisotopic (exact) mass is 355 g/mol. The number of methoxy groups -OCH3 is 2. The molecule has 1 amide bonds. The van der Waals surface area contributed by atoms with Crippen molar-refractivity contribution in [1.82, 2.24) is 10.3 Å². The van der Waals surface area contributed by atoms with E-state index in [1.807, 2.05) is 25.3 Å². The second kappa shape index (κ2) is 8.08. The largest absolute Gasteiger partial charge is 0.496 e. The summed E-state index contributed by atoms with van der Waals surface area (Å²) in [5, 5.41) is 2.92. The molecule has 0 saturated carbocycles. The third kappa shape index (κ3) is 3.90. The van der Waals surface area contributed by atoms with E-state index in [0.717, 1.165) is 30.0 Å². The van der Waals surface area contributed by atoms with Crippen LogP contribution in [-0.4, -0.2) is 38.2 Å². The molecule has 0 unspecified atom stereocenters. The second-order valence-electron chi connectivity index (χ2n) is 6.41. The topological polar surface area (TPSA) is 63.7 Å². The van der Waals surface area contributed by atoms with Crippen molar-refractivity contribution in [3.63, 3.8) is 0 Å². The molecule has 0 spiro atoms. The molecule has 1 aromatic heterocycles. The number of anilines is 1. The van der Waals surface area contributed by atoms with E-state index in [1.165, 1.54) is 12.8 Å². The molecule has 1 aliphatic rings.